The first-order chi connectivity index (χ1) is 15.4. The van der Waals surface area contributed by atoms with Gasteiger partial charge >= 0.3 is 0 Å². The lowest BCUT2D eigenvalue weighted by Crippen LogP contribution is -2.25. The number of carbonyl (C=O) groups excluding carboxylic acids is 1. The van der Waals surface area contributed by atoms with Crippen molar-refractivity contribution in [2.45, 2.75) is 25.9 Å². The van der Waals surface area contributed by atoms with Gasteiger partial charge in [-0.2, -0.15) is 0 Å². The molecule has 1 atom stereocenters. The molecule has 0 aromatic carbocycles. The number of carbonyl (C=O) groups is 1. The maximum Gasteiger partial charge on any atom is 0.272 e. The first kappa shape index (κ1) is 20.8. The van der Waals surface area contributed by atoms with Crippen LogP contribution in [0.3, 0.4) is 0 Å². The van der Waals surface area contributed by atoms with Crippen LogP contribution in [-0.2, 0) is 16.4 Å². The fourth-order valence-electron chi connectivity index (χ4n) is 4.11. The highest BCUT2D eigenvalue weighted by molar-refractivity contribution is 7.91. The molecule has 1 aliphatic rings. The summed E-state index contributed by atoms with van der Waals surface area (Å²) in [6, 6.07) is 11.1. The summed E-state index contributed by atoms with van der Waals surface area (Å²) in [5.74, 6) is 0.572. The van der Waals surface area contributed by atoms with Crippen molar-refractivity contribution in [3.05, 3.63) is 65.2 Å². The quantitative estimate of drug-likeness (QED) is 0.483. The average Bonchev–Trinajstić information content (AvgIpc) is 3.50. The van der Waals surface area contributed by atoms with Gasteiger partial charge in [-0.3, -0.25) is 9.78 Å². The van der Waals surface area contributed by atoms with Crippen LogP contribution in [0.5, 0.6) is 0 Å². The summed E-state index contributed by atoms with van der Waals surface area (Å²) in [6.45, 7) is 2.11. The molecule has 164 valence electrons. The Kier molecular flexibility index (Phi) is 5.26. The number of amides is 1. The third-order valence-corrected chi connectivity index (χ3v) is 8.22. The number of aryl methyl sites for hydroxylation is 1. The number of hydrogen-bond donors (Lipinski definition) is 1. The van der Waals surface area contributed by atoms with Gasteiger partial charge < -0.3 is 9.88 Å². The lowest BCUT2D eigenvalue weighted by Gasteiger charge is -2.14. The average molecular weight is 468 g/mol. The minimum Gasteiger partial charge on any atom is -0.345 e. The SMILES string of the molecule is Cc1nc2c(C(=O)NCc3ccccn3)nc(-c3cccs3)cc2n1C1CCS(=O)(=O)C1. The van der Waals surface area contributed by atoms with Gasteiger partial charge in [-0.1, -0.05) is 12.1 Å². The Bertz CT molecular complexity index is 1400. The number of fused-ring (bicyclic) bond motifs is 1. The summed E-state index contributed by atoms with van der Waals surface area (Å²) >= 11 is 1.53. The molecule has 5 heterocycles. The molecule has 5 rings (SSSR count). The van der Waals surface area contributed by atoms with E-state index in [0.29, 0.717) is 23.5 Å². The third kappa shape index (κ3) is 3.91. The van der Waals surface area contributed by atoms with Gasteiger partial charge in [0.1, 0.15) is 11.3 Å². The Balaban J connectivity index is 1.60. The van der Waals surface area contributed by atoms with E-state index in [1.807, 2.05) is 53.3 Å². The fourth-order valence-corrected chi connectivity index (χ4v) is 6.50. The molecule has 32 heavy (non-hydrogen) atoms. The monoisotopic (exact) mass is 467 g/mol. The van der Waals surface area contributed by atoms with E-state index >= 15 is 0 Å². The second-order valence-electron chi connectivity index (χ2n) is 7.79. The van der Waals surface area contributed by atoms with Crippen molar-refractivity contribution >= 4 is 38.1 Å². The van der Waals surface area contributed by atoms with Gasteiger partial charge in [-0.25, -0.2) is 18.4 Å². The molecule has 4 aromatic rings. The first-order valence-corrected chi connectivity index (χ1v) is 12.9. The Hall–Kier alpha value is -3.11. The van der Waals surface area contributed by atoms with E-state index in [1.54, 1.807) is 6.20 Å². The predicted octanol–water partition coefficient (Wildman–Crippen LogP) is 3.15. The Labute approximate surface area is 189 Å². The van der Waals surface area contributed by atoms with Crippen molar-refractivity contribution in [3.8, 4) is 10.6 Å². The number of hydrogen-bond acceptors (Lipinski definition) is 7. The number of nitrogens with zero attached hydrogens (tertiary/aromatic N) is 4. The van der Waals surface area contributed by atoms with Crippen molar-refractivity contribution < 1.29 is 13.2 Å². The van der Waals surface area contributed by atoms with Crippen LogP contribution in [0.4, 0.5) is 0 Å². The third-order valence-electron chi connectivity index (χ3n) is 5.57. The molecule has 1 amide bonds. The van der Waals surface area contributed by atoms with E-state index in [-0.39, 0.29) is 35.7 Å². The Morgan fingerprint density at radius 1 is 1.25 bits per heavy atom. The molecule has 0 saturated carbocycles. The van der Waals surface area contributed by atoms with Gasteiger partial charge in [-0.15, -0.1) is 11.3 Å². The van der Waals surface area contributed by atoms with E-state index in [2.05, 4.69) is 20.3 Å². The molecular formula is C22H21N5O3S2. The summed E-state index contributed by atoms with van der Waals surface area (Å²) in [7, 11) is -3.07. The number of nitrogens with one attached hydrogen (secondary N) is 1. The summed E-state index contributed by atoms with van der Waals surface area (Å²) in [6.07, 6.45) is 2.21. The Morgan fingerprint density at radius 2 is 2.12 bits per heavy atom. The highest BCUT2D eigenvalue weighted by atomic mass is 32.2. The van der Waals surface area contributed by atoms with Gasteiger partial charge in [0.2, 0.25) is 0 Å². The normalized spacial score (nSPS) is 17.6. The maximum absolute atomic E-state index is 13.2. The van der Waals surface area contributed by atoms with Crippen LogP contribution in [0.15, 0.2) is 48.0 Å². The number of thiophene rings is 1. The second kappa shape index (κ2) is 8.10. The molecule has 0 spiro atoms. The van der Waals surface area contributed by atoms with Crippen LogP contribution in [-0.4, -0.2) is 45.3 Å². The van der Waals surface area contributed by atoms with Crippen LogP contribution >= 0.6 is 11.3 Å². The topological polar surface area (TPSA) is 107 Å². The molecule has 8 nitrogen and oxygen atoms in total. The van der Waals surface area contributed by atoms with Crippen molar-refractivity contribution in [1.29, 1.82) is 0 Å². The van der Waals surface area contributed by atoms with E-state index in [9.17, 15) is 13.2 Å². The van der Waals surface area contributed by atoms with Crippen molar-refractivity contribution in [2.24, 2.45) is 0 Å². The molecule has 0 bridgehead atoms. The number of sulfone groups is 1. The highest BCUT2D eigenvalue weighted by Crippen LogP contribution is 2.33. The molecule has 1 N–H and O–H groups in total. The summed E-state index contributed by atoms with van der Waals surface area (Å²) < 4.78 is 26.2. The summed E-state index contributed by atoms with van der Waals surface area (Å²) in [5, 5.41) is 4.84. The lowest BCUT2D eigenvalue weighted by atomic mass is 10.2. The second-order valence-corrected chi connectivity index (χ2v) is 11.0. The van der Waals surface area contributed by atoms with E-state index in [1.165, 1.54) is 11.3 Å². The van der Waals surface area contributed by atoms with E-state index < -0.39 is 9.84 Å². The highest BCUT2D eigenvalue weighted by Gasteiger charge is 2.32. The van der Waals surface area contributed by atoms with Crippen molar-refractivity contribution in [3.63, 3.8) is 0 Å². The first-order valence-electron chi connectivity index (χ1n) is 10.2. The van der Waals surface area contributed by atoms with Crippen molar-refractivity contribution in [2.75, 3.05) is 11.5 Å². The molecule has 10 heteroatoms. The van der Waals surface area contributed by atoms with E-state index in [4.69, 9.17) is 0 Å². The molecule has 1 saturated heterocycles. The molecule has 1 fully saturated rings. The molecule has 0 radical (unpaired) electrons. The number of pyridine rings is 2. The number of rotatable bonds is 5. The molecule has 1 unspecified atom stereocenters. The zero-order chi connectivity index (χ0) is 22.3. The Morgan fingerprint density at radius 3 is 2.81 bits per heavy atom. The number of imidazole rings is 1. The van der Waals surface area contributed by atoms with Crippen LogP contribution < -0.4 is 5.32 Å². The molecule has 0 aliphatic carbocycles. The van der Waals surface area contributed by atoms with Crippen LogP contribution in [0, 0.1) is 6.92 Å². The standard InChI is InChI=1S/C22H21N5O3S2/c1-14-25-20-18(27(14)16-7-10-32(29,30)13-16)11-17(19-6-4-9-31-19)26-21(20)22(28)24-12-15-5-2-3-8-23-15/h2-6,8-9,11,16H,7,10,12-13H2,1H3,(H,24,28). The lowest BCUT2D eigenvalue weighted by molar-refractivity contribution is 0.0947. The number of aromatic nitrogens is 4. The minimum absolute atomic E-state index is 0.0805. The molecular weight excluding hydrogens is 446 g/mol. The zero-order valence-corrected chi connectivity index (χ0v) is 19.0. The fraction of sp³-hybridized carbons (Fsp3) is 0.273. The summed E-state index contributed by atoms with van der Waals surface area (Å²) in [4.78, 5) is 27.6. The van der Waals surface area contributed by atoms with Crippen LogP contribution in [0.1, 0.15) is 34.5 Å². The van der Waals surface area contributed by atoms with Crippen LogP contribution in [0.25, 0.3) is 21.6 Å². The van der Waals surface area contributed by atoms with Crippen LogP contribution in [0.2, 0.25) is 0 Å². The molecule has 4 aromatic heterocycles. The van der Waals surface area contributed by atoms with E-state index in [0.717, 1.165) is 16.1 Å². The van der Waals surface area contributed by atoms with Gasteiger partial charge in [-0.05, 0) is 43.0 Å². The predicted molar refractivity (Wildman–Crippen MR) is 123 cm³/mol. The molecule has 1 aliphatic heterocycles. The zero-order valence-electron chi connectivity index (χ0n) is 17.4. The van der Waals surface area contributed by atoms with Gasteiger partial charge in [0, 0.05) is 6.20 Å². The largest absolute Gasteiger partial charge is 0.345 e. The van der Waals surface area contributed by atoms with Crippen molar-refractivity contribution in [1.82, 2.24) is 24.8 Å². The smallest absolute Gasteiger partial charge is 0.272 e. The van der Waals surface area contributed by atoms with Gasteiger partial charge in [0.15, 0.2) is 15.5 Å². The van der Waals surface area contributed by atoms with Gasteiger partial charge in [0.05, 0.1) is 45.9 Å². The minimum atomic E-state index is -3.07. The maximum atomic E-state index is 13.2. The van der Waals surface area contributed by atoms with Gasteiger partial charge in [0.25, 0.3) is 5.91 Å². The summed E-state index contributed by atoms with van der Waals surface area (Å²) in [5.41, 5.74) is 2.84.